The van der Waals surface area contributed by atoms with Crippen LogP contribution in [0.5, 0.6) is 0 Å². The van der Waals surface area contributed by atoms with E-state index in [9.17, 15) is 9.59 Å². The second kappa shape index (κ2) is 12.9. The third-order valence-corrected chi connectivity index (χ3v) is 6.85. The fourth-order valence-electron chi connectivity index (χ4n) is 4.22. The lowest BCUT2D eigenvalue weighted by Gasteiger charge is -2.23. The summed E-state index contributed by atoms with van der Waals surface area (Å²) in [6.45, 7) is 6.08. The van der Waals surface area contributed by atoms with E-state index in [1.807, 2.05) is 65.1 Å². The number of aromatic nitrogens is 1. The van der Waals surface area contributed by atoms with E-state index >= 15 is 0 Å². The molecule has 0 aliphatic carbocycles. The van der Waals surface area contributed by atoms with Gasteiger partial charge in [-0.25, -0.2) is 0 Å². The molecule has 4 aromatic rings. The maximum Gasteiger partial charge on any atom is 0.287 e. The number of benzene rings is 2. The van der Waals surface area contributed by atoms with Crippen LogP contribution in [0.25, 0.3) is 0 Å². The van der Waals surface area contributed by atoms with Crippen LogP contribution in [-0.4, -0.2) is 34.4 Å². The van der Waals surface area contributed by atoms with Crippen molar-refractivity contribution in [1.29, 1.82) is 0 Å². The molecule has 0 radical (unpaired) electrons. The number of hydrogen-bond acceptors (Lipinski definition) is 3. The van der Waals surface area contributed by atoms with Gasteiger partial charge >= 0.3 is 0 Å². The van der Waals surface area contributed by atoms with E-state index in [0.29, 0.717) is 54.0 Å². The van der Waals surface area contributed by atoms with Gasteiger partial charge in [0.25, 0.3) is 11.8 Å². The smallest absolute Gasteiger partial charge is 0.287 e. The first kappa shape index (κ1) is 27.6. The molecule has 4 rings (SSSR count). The number of aryl methyl sites for hydroxylation is 1. The van der Waals surface area contributed by atoms with Crippen LogP contribution in [0, 0.1) is 6.92 Å². The highest BCUT2D eigenvalue weighted by Gasteiger charge is 2.18. The van der Waals surface area contributed by atoms with Crippen LogP contribution < -0.4 is 5.32 Å². The summed E-state index contributed by atoms with van der Waals surface area (Å²) >= 11 is 12.2. The minimum Gasteiger partial charge on any atom is -0.454 e. The SMILES string of the molecule is CCCN(Cc1cccn1Cc1ccc(C(=O)NCCc2ccc(Cl)cc2Cl)o1)C(=O)c1ccc(C)cc1. The van der Waals surface area contributed by atoms with E-state index in [2.05, 4.69) is 12.2 Å². The molecule has 198 valence electrons. The summed E-state index contributed by atoms with van der Waals surface area (Å²) in [6, 6.07) is 20.4. The predicted octanol–water partition coefficient (Wildman–Crippen LogP) is 6.77. The van der Waals surface area contributed by atoms with Crippen molar-refractivity contribution in [1.82, 2.24) is 14.8 Å². The predicted molar refractivity (Wildman–Crippen MR) is 151 cm³/mol. The molecule has 2 heterocycles. The first-order valence-electron chi connectivity index (χ1n) is 12.6. The average Bonchev–Trinajstić information content (AvgIpc) is 3.55. The lowest BCUT2D eigenvalue weighted by molar-refractivity contribution is 0.0739. The van der Waals surface area contributed by atoms with Crippen molar-refractivity contribution in [3.63, 3.8) is 0 Å². The molecule has 0 bridgehead atoms. The molecule has 2 aromatic heterocycles. The van der Waals surface area contributed by atoms with E-state index in [1.54, 1.807) is 24.3 Å². The standard InChI is InChI=1S/C30H31Cl2N3O3/c1-3-16-35(30(37)23-8-6-21(2)7-9-23)19-25-5-4-17-34(25)20-26-12-13-28(38-26)29(36)33-15-14-22-10-11-24(31)18-27(22)32/h4-13,17-18H,3,14-16,19-20H2,1-2H3,(H,33,36). The minimum absolute atomic E-state index is 0.0106. The van der Waals surface area contributed by atoms with Crippen molar-refractivity contribution >= 4 is 35.0 Å². The number of carbonyl (C=O) groups is 2. The van der Waals surface area contributed by atoms with Gasteiger partial charge in [0.1, 0.15) is 5.76 Å². The van der Waals surface area contributed by atoms with Crippen molar-refractivity contribution in [2.75, 3.05) is 13.1 Å². The van der Waals surface area contributed by atoms with Crippen molar-refractivity contribution in [2.24, 2.45) is 0 Å². The van der Waals surface area contributed by atoms with Crippen LogP contribution in [0.2, 0.25) is 10.0 Å². The number of halogens is 2. The normalized spacial score (nSPS) is 10.9. The van der Waals surface area contributed by atoms with Gasteiger partial charge in [-0.15, -0.1) is 0 Å². The van der Waals surface area contributed by atoms with Crippen LogP contribution >= 0.6 is 23.2 Å². The van der Waals surface area contributed by atoms with E-state index in [1.165, 1.54) is 0 Å². The molecule has 0 saturated heterocycles. The number of carbonyl (C=O) groups excluding carboxylic acids is 2. The minimum atomic E-state index is -0.285. The van der Waals surface area contributed by atoms with Gasteiger partial charge in [-0.3, -0.25) is 9.59 Å². The number of hydrogen-bond donors (Lipinski definition) is 1. The monoisotopic (exact) mass is 551 g/mol. The van der Waals surface area contributed by atoms with Gasteiger partial charge in [0.15, 0.2) is 5.76 Å². The maximum atomic E-state index is 13.2. The van der Waals surface area contributed by atoms with Crippen molar-refractivity contribution < 1.29 is 14.0 Å². The Morgan fingerprint density at radius 3 is 2.55 bits per heavy atom. The zero-order valence-electron chi connectivity index (χ0n) is 21.5. The van der Waals surface area contributed by atoms with Gasteiger partial charge in [0, 0.05) is 40.6 Å². The number of furan rings is 1. The first-order chi connectivity index (χ1) is 18.3. The first-order valence-corrected chi connectivity index (χ1v) is 13.4. The maximum absolute atomic E-state index is 13.2. The summed E-state index contributed by atoms with van der Waals surface area (Å²) in [4.78, 5) is 27.6. The highest BCUT2D eigenvalue weighted by Crippen LogP contribution is 2.21. The van der Waals surface area contributed by atoms with Gasteiger partial charge in [-0.2, -0.15) is 0 Å². The second-order valence-corrected chi connectivity index (χ2v) is 10.1. The molecule has 0 aliphatic heterocycles. The number of amides is 2. The van der Waals surface area contributed by atoms with Crippen molar-refractivity contribution in [3.8, 4) is 0 Å². The largest absolute Gasteiger partial charge is 0.454 e. The highest BCUT2D eigenvalue weighted by molar-refractivity contribution is 6.35. The third-order valence-electron chi connectivity index (χ3n) is 6.26. The molecule has 1 N–H and O–H groups in total. The highest BCUT2D eigenvalue weighted by atomic mass is 35.5. The number of nitrogens with zero attached hydrogens (tertiary/aromatic N) is 2. The number of nitrogens with one attached hydrogen (secondary N) is 1. The quantitative estimate of drug-likeness (QED) is 0.223. The van der Waals surface area contributed by atoms with Crippen LogP contribution in [0.4, 0.5) is 0 Å². The molecule has 0 fully saturated rings. The van der Waals surface area contributed by atoms with E-state index < -0.39 is 0 Å². The summed E-state index contributed by atoms with van der Waals surface area (Å²) in [7, 11) is 0. The molecule has 2 aromatic carbocycles. The van der Waals surface area contributed by atoms with Crippen LogP contribution in [0.1, 0.15) is 56.8 Å². The second-order valence-electron chi connectivity index (χ2n) is 9.23. The summed E-state index contributed by atoms with van der Waals surface area (Å²) in [5.74, 6) is 0.627. The molecular formula is C30H31Cl2N3O3. The lowest BCUT2D eigenvalue weighted by atomic mass is 10.1. The molecule has 0 aliphatic rings. The molecule has 38 heavy (non-hydrogen) atoms. The van der Waals surface area contributed by atoms with Crippen LogP contribution in [-0.2, 0) is 19.5 Å². The summed E-state index contributed by atoms with van der Waals surface area (Å²) < 4.78 is 7.88. The molecule has 2 amide bonds. The van der Waals surface area contributed by atoms with Gasteiger partial charge in [-0.1, -0.05) is 53.9 Å². The van der Waals surface area contributed by atoms with Gasteiger partial charge in [0.2, 0.25) is 0 Å². The van der Waals surface area contributed by atoms with Gasteiger partial charge in [0.05, 0.1) is 13.1 Å². The molecule has 6 nitrogen and oxygen atoms in total. The molecule has 0 unspecified atom stereocenters. The zero-order chi connectivity index (χ0) is 27.1. The molecule has 8 heteroatoms. The van der Waals surface area contributed by atoms with E-state index in [-0.39, 0.29) is 17.6 Å². The molecular weight excluding hydrogens is 521 g/mol. The number of rotatable bonds is 11. The summed E-state index contributed by atoms with van der Waals surface area (Å²) in [5, 5.41) is 4.02. The Balaban J connectivity index is 1.36. The van der Waals surface area contributed by atoms with Gasteiger partial charge < -0.3 is 19.2 Å². The fourth-order valence-corrected chi connectivity index (χ4v) is 4.72. The Morgan fingerprint density at radius 2 is 1.82 bits per heavy atom. The topological polar surface area (TPSA) is 67.5 Å². The Morgan fingerprint density at radius 1 is 1.03 bits per heavy atom. The van der Waals surface area contributed by atoms with Crippen molar-refractivity contribution in [2.45, 2.75) is 39.8 Å². The Kier molecular flexibility index (Phi) is 9.32. The van der Waals surface area contributed by atoms with Crippen LogP contribution in [0.15, 0.2) is 77.3 Å². The van der Waals surface area contributed by atoms with E-state index in [0.717, 1.165) is 23.2 Å². The van der Waals surface area contributed by atoms with Gasteiger partial charge in [-0.05, 0) is 73.9 Å². The third kappa shape index (κ3) is 7.09. The summed E-state index contributed by atoms with van der Waals surface area (Å²) in [6.07, 6.45) is 3.39. The lowest BCUT2D eigenvalue weighted by Crippen LogP contribution is -2.32. The average molecular weight is 553 g/mol. The molecule has 0 atom stereocenters. The zero-order valence-corrected chi connectivity index (χ0v) is 23.1. The summed E-state index contributed by atoms with van der Waals surface area (Å²) in [5.41, 5.74) is 3.70. The Hall–Kier alpha value is -3.48. The Labute approximate surface area is 233 Å². The molecule has 0 saturated carbocycles. The molecule has 0 spiro atoms. The fraction of sp³-hybridized carbons (Fsp3) is 0.267. The van der Waals surface area contributed by atoms with Crippen molar-refractivity contribution in [3.05, 3.63) is 117 Å². The van der Waals surface area contributed by atoms with E-state index in [4.69, 9.17) is 27.6 Å². The Bertz CT molecular complexity index is 1390. The van der Waals surface area contributed by atoms with Crippen LogP contribution in [0.3, 0.4) is 0 Å².